The van der Waals surface area contributed by atoms with E-state index in [-0.39, 0.29) is 0 Å². The van der Waals surface area contributed by atoms with Crippen molar-refractivity contribution in [2.24, 2.45) is 0 Å². The van der Waals surface area contributed by atoms with Gasteiger partial charge in [0.1, 0.15) is 0 Å². The van der Waals surface area contributed by atoms with Crippen molar-refractivity contribution in [3.63, 3.8) is 0 Å². The Labute approximate surface area is 341 Å². The van der Waals surface area contributed by atoms with Gasteiger partial charge in [-0.25, -0.2) is 0 Å². The van der Waals surface area contributed by atoms with Crippen LogP contribution in [0.5, 0.6) is 0 Å². The van der Waals surface area contributed by atoms with Crippen molar-refractivity contribution in [3.05, 3.63) is 243 Å². The number of para-hydroxylation sites is 2. The number of fused-ring (bicyclic) bond motifs is 3. The highest BCUT2D eigenvalue weighted by atomic mass is 15.2. The van der Waals surface area contributed by atoms with Gasteiger partial charge >= 0.3 is 0 Å². The molecule has 0 amide bonds. The lowest BCUT2D eigenvalue weighted by atomic mass is 9.94. The standard InChI is InChI=1S/C56H40N2/c1-5-16-41(17-6-1)43-28-33-49(34-29-43)57(47-21-9-3-10-22-47)51-38-46(42-18-7-2-8-19-42)39-52(40-51)58(48-23-11-4-12-24-48)50-35-30-45(31-36-50)54-26-15-27-55-53-25-14-13-20-44(53)32-37-56(54)55/h1-40H/i40D. The summed E-state index contributed by atoms with van der Waals surface area (Å²) in [5, 5.41) is 4.97. The third-order valence-electron chi connectivity index (χ3n) is 10.9. The summed E-state index contributed by atoms with van der Waals surface area (Å²) in [5.74, 6) is 0. The predicted molar refractivity (Wildman–Crippen MR) is 247 cm³/mol. The molecule has 0 heterocycles. The maximum Gasteiger partial charge on any atom is 0.0667 e. The number of hydrogen-bond donors (Lipinski definition) is 0. The van der Waals surface area contributed by atoms with Crippen LogP contribution in [-0.4, -0.2) is 0 Å². The Kier molecular flexibility index (Phi) is 8.96. The molecule has 0 aliphatic carbocycles. The third kappa shape index (κ3) is 6.78. The molecule has 2 nitrogen and oxygen atoms in total. The van der Waals surface area contributed by atoms with E-state index in [0.717, 1.165) is 56.4 Å². The van der Waals surface area contributed by atoms with Gasteiger partial charge in [0.25, 0.3) is 0 Å². The molecule has 0 atom stereocenters. The molecule has 10 aromatic carbocycles. The van der Waals surface area contributed by atoms with Gasteiger partial charge in [0, 0.05) is 34.1 Å². The summed E-state index contributed by atoms with van der Waals surface area (Å²) >= 11 is 0. The maximum atomic E-state index is 10.2. The van der Waals surface area contributed by atoms with Crippen molar-refractivity contribution in [2.75, 3.05) is 9.80 Å². The molecular weight excluding hydrogens is 701 g/mol. The van der Waals surface area contributed by atoms with Crippen LogP contribution in [0.3, 0.4) is 0 Å². The Morgan fingerprint density at radius 1 is 0.259 bits per heavy atom. The SMILES string of the molecule is [2H]c1c(N(c2ccccc2)c2ccc(-c3ccccc3)cc2)cc(-c2ccccc2)cc1N(c1ccccc1)c1ccc(-c2cccc3c2ccc2ccccc23)cc1. The highest BCUT2D eigenvalue weighted by Gasteiger charge is 2.20. The molecule has 0 aliphatic heterocycles. The average molecular weight is 742 g/mol. The van der Waals surface area contributed by atoms with Gasteiger partial charge in [-0.05, 0) is 122 Å². The summed E-state index contributed by atoms with van der Waals surface area (Å²) in [6.45, 7) is 0. The van der Waals surface area contributed by atoms with Crippen molar-refractivity contribution in [2.45, 2.75) is 0 Å². The quantitative estimate of drug-likeness (QED) is 0.136. The molecule has 10 rings (SSSR count). The fourth-order valence-corrected chi connectivity index (χ4v) is 8.10. The number of anilines is 6. The second-order valence-corrected chi connectivity index (χ2v) is 14.5. The lowest BCUT2D eigenvalue weighted by Crippen LogP contribution is -2.13. The van der Waals surface area contributed by atoms with Gasteiger partial charge in [-0.3, -0.25) is 0 Å². The van der Waals surface area contributed by atoms with E-state index in [1.54, 1.807) is 0 Å². The molecular formula is C56H40N2. The summed E-state index contributed by atoms with van der Waals surface area (Å²) in [6, 6.07) is 83.6. The van der Waals surface area contributed by atoms with Crippen LogP contribution in [0.4, 0.5) is 34.1 Å². The van der Waals surface area contributed by atoms with E-state index in [0.29, 0.717) is 6.04 Å². The van der Waals surface area contributed by atoms with Crippen molar-refractivity contribution < 1.29 is 1.37 Å². The molecule has 2 heteroatoms. The zero-order chi connectivity index (χ0) is 39.5. The maximum absolute atomic E-state index is 10.2. The number of hydrogen-bond acceptors (Lipinski definition) is 2. The summed E-state index contributed by atoms with van der Waals surface area (Å²) in [4.78, 5) is 4.43. The van der Waals surface area contributed by atoms with Crippen LogP contribution in [0.25, 0.3) is 54.9 Å². The largest absolute Gasteiger partial charge is 0.310 e. The van der Waals surface area contributed by atoms with E-state index >= 15 is 0 Å². The molecule has 10 aromatic rings. The van der Waals surface area contributed by atoms with Crippen LogP contribution < -0.4 is 9.80 Å². The Bertz CT molecular complexity index is 3020. The normalized spacial score (nSPS) is 11.3. The Morgan fingerprint density at radius 2 is 0.690 bits per heavy atom. The first-order valence-corrected chi connectivity index (χ1v) is 19.8. The molecule has 58 heavy (non-hydrogen) atoms. The van der Waals surface area contributed by atoms with Crippen molar-refractivity contribution in [3.8, 4) is 33.4 Å². The van der Waals surface area contributed by atoms with Crippen LogP contribution in [0, 0.1) is 0 Å². The first kappa shape index (κ1) is 33.6. The minimum atomic E-state index is 0.412. The van der Waals surface area contributed by atoms with Gasteiger partial charge in [0.2, 0.25) is 0 Å². The highest BCUT2D eigenvalue weighted by molar-refractivity contribution is 6.12. The van der Waals surface area contributed by atoms with Crippen LogP contribution in [0.2, 0.25) is 0 Å². The molecule has 0 aliphatic rings. The second kappa shape index (κ2) is 15.5. The minimum Gasteiger partial charge on any atom is -0.310 e. The Hall–Kier alpha value is -7.68. The third-order valence-corrected chi connectivity index (χ3v) is 10.9. The second-order valence-electron chi connectivity index (χ2n) is 14.5. The molecule has 0 N–H and O–H groups in total. The fraction of sp³-hybridized carbons (Fsp3) is 0. The van der Waals surface area contributed by atoms with Gasteiger partial charge in [-0.15, -0.1) is 0 Å². The summed E-state index contributed by atoms with van der Waals surface area (Å²) in [5.41, 5.74) is 12.2. The predicted octanol–water partition coefficient (Wildman–Crippen LogP) is 15.9. The summed E-state index contributed by atoms with van der Waals surface area (Å²) < 4.78 is 10.2. The van der Waals surface area contributed by atoms with Crippen LogP contribution >= 0.6 is 0 Å². The van der Waals surface area contributed by atoms with E-state index in [4.69, 9.17) is 0 Å². The minimum absolute atomic E-state index is 0.412. The van der Waals surface area contributed by atoms with Crippen molar-refractivity contribution >= 4 is 55.7 Å². The topological polar surface area (TPSA) is 6.48 Å². The average Bonchev–Trinajstić information content (AvgIpc) is 3.31. The van der Waals surface area contributed by atoms with Gasteiger partial charge in [-0.2, -0.15) is 0 Å². The summed E-state index contributed by atoms with van der Waals surface area (Å²) in [7, 11) is 0. The number of nitrogens with zero attached hydrogens (tertiary/aromatic N) is 2. The molecule has 0 unspecified atom stereocenters. The number of rotatable bonds is 9. The molecule has 0 fully saturated rings. The first-order chi connectivity index (χ1) is 29.2. The summed E-state index contributed by atoms with van der Waals surface area (Å²) in [6.07, 6.45) is 0. The zero-order valence-electron chi connectivity index (χ0n) is 32.9. The molecule has 0 saturated carbocycles. The Balaban J connectivity index is 1.15. The first-order valence-electron chi connectivity index (χ1n) is 20.3. The van der Waals surface area contributed by atoms with Crippen molar-refractivity contribution in [1.82, 2.24) is 0 Å². The zero-order valence-corrected chi connectivity index (χ0v) is 31.9. The monoisotopic (exact) mass is 741 g/mol. The Morgan fingerprint density at radius 3 is 1.26 bits per heavy atom. The van der Waals surface area contributed by atoms with Crippen LogP contribution in [0.15, 0.2) is 243 Å². The highest BCUT2D eigenvalue weighted by Crippen LogP contribution is 2.44. The van der Waals surface area contributed by atoms with E-state index in [2.05, 4.69) is 222 Å². The van der Waals surface area contributed by atoms with Gasteiger partial charge in [0.15, 0.2) is 0 Å². The molecule has 274 valence electrons. The lowest BCUT2D eigenvalue weighted by molar-refractivity contribution is 1.25. The van der Waals surface area contributed by atoms with E-state index < -0.39 is 0 Å². The number of benzene rings is 10. The molecule has 0 saturated heterocycles. The molecule has 0 bridgehead atoms. The molecule has 0 spiro atoms. The van der Waals surface area contributed by atoms with E-state index in [1.807, 2.05) is 24.3 Å². The van der Waals surface area contributed by atoms with Gasteiger partial charge in [0.05, 0.1) is 1.37 Å². The molecule has 0 aromatic heterocycles. The van der Waals surface area contributed by atoms with Crippen molar-refractivity contribution in [1.29, 1.82) is 0 Å². The smallest absolute Gasteiger partial charge is 0.0667 e. The van der Waals surface area contributed by atoms with E-state index in [9.17, 15) is 1.37 Å². The van der Waals surface area contributed by atoms with Crippen LogP contribution in [0.1, 0.15) is 1.37 Å². The van der Waals surface area contributed by atoms with Gasteiger partial charge < -0.3 is 9.80 Å². The molecule has 0 radical (unpaired) electrons. The lowest BCUT2D eigenvalue weighted by Gasteiger charge is -2.30. The van der Waals surface area contributed by atoms with Gasteiger partial charge in [-0.1, -0.05) is 176 Å². The van der Waals surface area contributed by atoms with Crippen LogP contribution in [-0.2, 0) is 0 Å². The fourth-order valence-electron chi connectivity index (χ4n) is 8.10. The van der Waals surface area contributed by atoms with E-state index in [1.165, 1.54) is 32.7 Å².